The van der Waals surface area contributed by atoms with Gasteiger partial charge in [-0.3, -0.25) is 0 Å². The van der Waals surface area contributed by atoms with Gasteiger partial charge < -0.3 is 10.3 Å². The van der Waals surface area contributed by atoms with Crippen LogP contribution in [-0.2, 0) is 10.0 Å². The van der Waals surface area contributed by atoms with Crippen molar-refractivity contribution in [2.75, 3.05) is 12.4 Å². The number of hydrogen-bond donors (Lipinski definition) is 3. The number of aromatic amines is 1. The molecule has 0 saturated heterocycles. The third kappa shape index (κ3) is 3.14. The summed E-state index contributed by atoms with van der Waals surface area (Å²) in [5, 5.41) is 2.84. The monoisotopic (exact) mass is 295 g/mol. The molecule has 0 bridgehead atoms. The maximum Gasteiger partial charge on any atom is 0.242 e. The van der Waals surface area contributed by atoms with Crippen molar-refractivity contribution >= 4 is 15.8 Å². The number of H-pyrrole nitrogens is 1. The molecule has 0 aliphatic heterocycles. The average molecular weight is 295 g/mol. The molecule has 1 atom stereocenters. The number of anilines is 1. The van der Waals surface area contributed by atoms with Gasteiger partial charge in [0.1, 0.15) is 16.5 Å². The van der Waals surface area contributed by atoms with Crippen LogP contribution in [-0.4, -0.2) is 30.4 Å². The Labute approximate surface area is 117 Å². The summed E-state index contributed by atoms with van der Waals surface area (Å²) < 4.78 is 27.2. The van der Waals surface area contributed by atoms with Crippen LogP contribution < -0.4 is 10.0 Å². The third-order valence-electron chi connectivity index (χ3n) is 2.86. The Morgan fingerprint density at radius 3 is 2.65 bits per heavy atom. The number of imidazole rings is 1. The first-order valence-electron chi connectivity index (χ1n) is 6.22. The molecule has 2 aromatic heterocycles. The Morgan fingerprint density at radius 2 is 2.15 bits per heavy atom. The second-order valence-electron chi connectivity index (χ2n) is 4.19. The van der Waals surface area contributed by atoms with Crippen molar-refractivity contribution in [3.8, 4) is 0 Å². The highest BCUT2D eigenvalue weighted by atomic mass is 32.2. The second-order valence-corrected chi connectivity index (χ2v) is 5.90. The lowest BCUT2D eigenvalue weighted by Crippen LogP contribution is -2.29. The summed E-state index contributed by atoms with van der Waals surface area (Å²) in [7, 11) is -1.90. The van der Waals surface area contributed by atoms with Gasteiger partial charge in [0, 0.05) is 25.6 Å². The van der Waals surface area contributed by atoms with E-state index in [0.717, 1.165) is 0 Å². The van der Waals surface area contributed by atoms with Crippen LogP contribution >= 0.6 is 0 Å². The molecule has 0 aliphatic carbocycles. The summed E-state index contributed by atoms with van der Waals surface area (Å²) in [5.74, 6) is 1.21. The molecule has 2 heterocycles. The zero-order valence-corrected chi connectivity index (χ0v) is 12.1. The highest BCUT2D eigenvalue weighted by Crippen LogP contribution is 2.17. The highest BCUT2D eigenvalue weighted by molar-refractivity contribution is 7.89. The Hall–Kier alpha value is -1.93. The first-order chi connectivity index (χ1) is 9.56. The summed E-state index contributed by atoms with van der Waals surface area (Å²) in [6.45, 7) is 1.89. The standard InChI is InChI=1S/C12H17N5O2S/c1-3-10(12-14-6-7-15-12)17-20(18,19)9-4-5-11(13-2)16-8-9/h4-8,10,17H,3H2,1-2H3,(H,13,16)(H,14,15). The summed E-state index contributed by atoms with van der Waals surface area (Å²) >= 11 is 0. The summed E-state index contributed by atoms with van der Waals surface area (Å²) in [5.41, 5.74) is 0. The maximum atomic E-state index is 12.3. The zero-order chi connectivity index (χ0) is 14.6. The SMILES string of the molecule is CCC(NS(=O)(=O)c1ccc(NC)nc1)c1ncc[nH]1. The predicted molar refractivity (Wildman–Crippen MR) is 75.7 cm³/mol. The molecule has 0 saturated carbocycles. The highest BCUT2D eigenvalue weighted by Gasteiger charge is 2.21. The number of rotatable bonds is 6. The van der Waals surface area contributed by atoms with E-state index in [4.69, 9.17) is 0 Å². The van der Waals surface area contributed by atoms with E-state index in [9.17, 15) is 8.42 Å². The molecule has 8 heteroatoms. The number of nitrogens with zero attached hydrogens (tertiary/aromatic N) is 2. The molecule has 1 unspecified atom stereocenters. The van der Waals surface area contributed by atoms with Crippen LogP contribution in [0.2, 0.25) is 0 Å². The van der Waals surface area contributed by atoms with Gasteiger partial charge in [-0.1, -0.05) is 6.92 Å². The van der Waals surface area contributed by atoms with Gasteiger partial charge in [0.2, 0.25) is 10.0 Å². The van der Waals surface area contributed by atoms with E-state index < -0.39 is 10.0 Å². The maximum absolute atomic E-state index is 12.3. The van der Waals surface area contributed by atoms with Gasteiger partial charge in [-0.2, -0.15) is 0 Å². The Bertz CT molecular complexity index is 637. The van der Waals surface area contributed by atoms with Gasteiger partial charge in [-0.25, -0.2) is 23.1 Å². The Balaban J connectivity index is 2.21. The number of nitrogens with one attached hydrogen (secondary N) is 3. The van der Waals surface area contributed by atoms with Crippen LogP contribution in [0.1, 0.15) is 25.2 Å². The normalized spacial score (nSPS) is 13.1. The minimum absolute atomic E-state index is 0.126. The van der Waals surface area contributed by atoms with E-state index >= 15 is 0 Å². The molecule has 2 aromatic rings. The molecule has 20 heavy (non-hydrogen) atoms. The van der Waals surface area contributed by atoms with Crippen LogP contribution in [0.4, 0.5) is 5.82 Å². The molecular formula is C12H17N5O2S. The fraction of sp³-hybridized carbons (Fsp3) is 0.333. The number of pyridine rings is 1. The average Bonchev–Trinajstić information content (AvgIpc) is 2.99. The van der Waals surface area contributed by atoms with E-state index in [1.165, 1.54) is 12.3 Å². The van der Waals surface area contributed by atoms with Crippen LogP contribution in [0.3, 0.4) is 0 Å². The van der Waals surface area contributed by atoms with E-state index in [0.29, 0.717) is 18.1 Å². The summed E-state index contributed by atoms with van der Waals surface area (Å²) in [6.07, 6.45) is 5.17. The van der Waals surface area contributed by atoms with Crippen LogP contribution in [0.25, 0.3) is 0 Å². The Kier molecular flexibility index (Phi) is 4.35. The van der Waals surface area contributed by atoms with Gasteiger partial charge in [-0.15, -0.1) is 0 Å². The topological polar surface area (TPSA) is 99.8 Å². The third-order valence-corrected chi connectivity index (χ3v) is 4.31. The molecule has 0 aliphatic rings. The van der Waals surface area contributed by atoms with Crippen molar-refractivity contribution in [1.29, 1.82) is 0 Å². The smallest absolute Gasteiger partial charge is 0.242 e. The van der Waals surface area contributed by atoms with Gasteiger partial charge in [0.05, 0.1) is 6.04 Å². The molecule has 0 fully saturated rings. The number of sulfonamides is 1. The van der Waals surface area contributed by atoms with E-state index in [2.05, 4.69) is 25.0 Å². The first-order valence-corrected chi connectivity index (χ1v) is 7.70. The number of hydrogen-bond acceptors (Lipinski definition) is 5. The summed E-state index contributed by atoms with van der Waals surface area (Å²) in [6, 6.07) is 2.73. The zero-order valence-electron chi connectivity index (χ0n) is 11.3. The predicted octanol–water partition coefficient (Wildman–Crippen LogP) is 1.28. The molecule has 0 spiro atoms. The van der Waals surface area contributed by atoms with Crippen molar-refractivity contribution < 1.29 is 8.42 Å². The molecule has 0 radical (unpaired) electrons. The molecule has 2 rings (SSSR count). The second kappa shape index (κ2) is 6.02. The molecule has 7 nitrogen and oxygen atoms in total. The van der Waals surface area contributed by atoms with Crippen molar-refractivity contribution in [2.45, 2.75) is 24.3 Å². The van der Waals surface area contributed by atoms with Gasteiger partial charge in [0.15, 0.2) is 0 Å². The van der Waals surface area contributed by atoms with Crippen molar-refractivity contribution in [3.63, 3.8) is 0 Å². The number of aromatic nitrogens is 3. The van der Waals surface area contributed by atoms with Crippen LogP contribution in [0.15, 0.2) is 35.6 Å². The lowest BCUT2D eigenvalue weighted by molar-refractivity contribution is 0.539. The lowest BCUT2D eigenvalue weighted by atomic mass is 10.2. The first kappa shape index (κ1) is 14.5. The van der Waals surface area contributed by atoms with Gasteiger partial charge in [-0.05, 0) is 18.6 Å². The van der Waals surface area contributed by atoms with E-state index in [1.807, 2.05) is 6.92 Å². The fourth-order valence-electron chi connectivity index (χ4n) is 1.74. The van der Waals surface area contributed by atoms with Crippen molar-refractivity contribution in [1.82, 2.24) is 19.7 Å². The lowest BCUT2D eigenvalue weighted by Gasteiger charge is -2.15. The van der Waals surface area contributed by atoms with Gasteiger partial charge >= 0.3 is 0 Å². The fourth-order valence-corrected chi connectivity index (χ4v) is 2.97. The molecule has 0 amide bonds. The van der Waals surface area contributed by atoms with E-state index in [1.54, 1.807) is 25.5 Å². The molecule has 3 N–H and O–H groups in total. The minimum atomic E-state index is -3.62. The largest absolute Gasteiger partial charge is 0.373 e. The van der Waals surface area contributed by atoms with Crippen LogP contribution in [0, 0.1) is 0 Å². The van der Waals surface area contributed by atoms with Crippen molar-refractivity contribution in [2.24, 2.45) is 0 Å². The summed E-state index contributed by atoms with van der Waals surface area (Å²) in [4.78, 5) is 11.1. The molecule has 0 aromatic carbocycles. The van der Waals surface area contributed by atoms with E-state index in [-0.39, 0.29) is 10.9 Å². The minimum Gasteiger partial charge on any atom is -0.373 e. The van der Waals surface area contributed by atoms with Crippen LogP contribution in [0.5, 0.6) is 0 Å². The van der Waals surface area contributed by atoms with Gasteiger partial charge in [0.25, 0.3) is 0 Å². The quantitative estimate of drug-likeness (QED) is 0.745. The Morgan fingerprint density at radius 1 is 1.35 bits per heavy atom. The molecule has 108 valence electrons. The van der Waals surface area contributed by atoms with Crippen molar-refractivity contribution in [3.05, 3.63) is 36.5 Å². The molecular weight excluding hydrogens is 278 g/mol.